The van der Waals surface area contributed by atoms with E-state index in [0.717, 1.165) is 23.7 Å². The van der Waals surface area contributed by atoms with Gasteiger partial charge in [-0.3, -0.25) is 14.5 Å². The number of carbonyl (C=O) groups is 2. The van der Waals surface area contributed by atoms with Crippen molar-refractivity contribution in [1.82, 2.24) is 14.8 Å². The summed E-state index contributed by atoms with van der Waals surface area (Å²) in [7, 11) is 0. The molecule has 2 aliphatic heterocycles. The molecule has 0 bridgehead atoms. The second-order valence-corrected chi connectivity index (χ2v) is 9.07. The lowest BCUT2D eigenvalue weighted by Gasteiger charge is -2.31. The van der Waals surface area contributed by atoms with E-state index in [1.807, 2.05) is 17.5 Å². The van der Waals surface area contributed by atoms with Crippen LogP contribution < -0.4 is 0 Å². The van der Waals surface area contributed by atoms with Gasteiger partial charge in [-0.1, -0.05) is 31.2 Å². The van der Waals surface area contributed by atoms with Gasteiger partial charge in [-0.15, -0.1) is 11.3 Å². The zero-order valence-corrected chi connectivity index (χ0v) is 19.6. The van der Waals surface area contributed by atoms with E-state index >= 15 is 0 Å². The lowest BCUT2D eigenvalue weighted by molar-refractivity contribution is -0.141. The van der Waals surface area contributed by atoms with Crippen LogP contribution in [0.5, 0.6) is 0 Å². The lowest BCUT2D eigenvalue weighted by atomic mass is 10.0. The van der Waals surface area contributed by atoms with E-state index in [2.05, 4.69) is 10.0 Å². The first-order valence-electron chi connectivity index (χ1n) is 11.3. The Labute approximate surface area is 197 Å². The van der Waals surface area contributed by atoms with Crippen molar-refractivity contribution in [3.8, 4) is 0 Å². The number of rotatable bonds is 8. The minimum absolute atomic E-state index is 0.0802. The van der Waals surface area contributed by atoms with Gasteiger partial charge in [0.25, 0.3) is 5.91 Å². The van der Waals surface area contributed by atoms with Crippen LogP contribution in [-0.4, -0.2) is 78.3 Å². The summed E-state index contributed by atoms with van der Waals surface area (Å²) in [6, 6.07) is 9.84. The molecular weight excluding hydrogens is 443 g/mol. The van der Waals surface area contributed by atoms with E-state index in [1.165, 1.54) is 22.4 Å². The lowest BCUT2D eigenvalue weighted by Crippen LogP contribution is -2.46. The Balaban J connectivity index is 1.52. The van der Waals surface area contributed by atoms with Gasteiger partial charge in [0.1, 0.15) is 12.4 Å². The summed E-state index contributed by atoms with van der Waals surface area (Å²) in [6.45, 7) is 5.85. The molecule has 1 saturated heterocycles. The maximum absolute atomic E-state index is 14.7. The van der Waals surface area contributed by atoms with Crippen molar-refractivity contribution in [1.29, 1.82) is 0 Å². The quantitative estimate of drug-likeness (QED) is 0.592. The predicted molar refractivity (Wildman–Crippen MR) is 126 cm³/mol. The van der Waals surface area contributed by atoms with Crippen LogP contribution in [-0.2, 0) is 14.3 Å². The highest BCUT2D eigenvalue weighted by molar-refractivity contribution is 7.12. The van der Waals surface area contributed by atoms with Crippen LogP contribution in [0.25, 0.3) is 0 Å². The Morgan fingerprint density at radius 2 is 2.00 bits per heavy atom. The number of halogens is 1. The highest BCUT2D eigenvalue weighted by atomic mass is 32.1. The number of amides is 2. The maximum Gasteiger partial charge on any atom is 0.262 e. The molecule has 1 aromatic carbocycles. The average molecular weight is 473 g/mol. The fourth-order valence-corrected chi connectivity index (χ4v) is 4.88. The van der Waals surface area contributed by atoms with Gasteiger partial charge in [-0.25, -0.2) is 9.40 Å². The van der Waals surface area contributed by atoms with Gasteiger partial charge < -0.3 is 9.64 Å². The molecule has 3 heterocycles. The molecule has 0 spiro atoms. The first-order valence-corrected chi connectivity index (χ1v) is 12.2. The number of hydrazone groups is 1. The zero-order valence-electron chi connectivity index (χ0n) is 18.8. The highest BCUT2D eigenvalue weighted by Crippen LogP contribution is 2.35. The van der Waals surface area contributed by atoms with E-state index in [9.17, 15) is 14.0 Å². The molecule has 33 heavy (non-hydrogen) atoms. The van der Waals surface area contributed by atoms with Gasteiger partial charge >= 0.3 is 0 Å². The summed E-state index contributed by atoms with van der Waals surface area (Å²) < 4.78 is 20.0. The van der Waals surface area contributed by atoms with Crippen molar-refractivity contribution >= 4 is 28.9 Å². The third-order valence-electron chi connectivity index (χ3n) is 6.01. The number of ether oxygens (including phenoxy) is 1. The number of hydrogen-bond donors (Lipinski definition) is 0. The van der Waals surface area contributed by atoms with Crippen molar-refractivity contribution in [2.24, 2.45) is 5.10 Å². The van der Waals surface area contributed by atoms with Crippen molar-refractivity contribution in [3.63, 3.8) is 0 Å². The normalized spacial score (nSPS) is 18.9. The Hall–Kier alpha value is -2.62. The molecule has 1 atom stereocenters. The standard InChI is InChI=1S/C24H29FN4O3S/c1-2-23(30)28(10-9-27-11-13-32-14-12-27)17-24(31)29-21(18-6-3-4-7-19(18)25)16-20(26-29)22-8-5-15-33-22/h3-8,15,21H,2,9-14,16-17H2,1H3/t21-/m0/s1. The van der Waals surface area contributed by atoms with Crippen LogP contribution in [0.2, 0.25) is 0 Å². The average Bonchev–Trinajstić information content (AvgIpc) is 3.52. The minimum Gasteiger partial charge on any atom is -0.379 e. The zero-order chi connectivity index (χ0) is 23.2. The van der Waals surface area contributed by atoms with Crippen molar-refractivity contribution in [3.05, 3.63) is 58.0 Å². The predicted octanol–water partition coefficient (Wildman–Crippen LogP) is 3.14. The van der Waals surface area contributed by atoms with Crippen LogP contribution in [0.1, 0.15) is 36.2 Å². The van der Waals surface area contributed by atoms with Crippen molar-refractivity contribution < 1.29 is 18.7 Å². The van der Waals surface area contributed by atoms with E-state index in [0.29, 0.717) is 44.7 Å². The maximum atomic E-state index is 14.7. The first-order chi connectivity index (χ1) is 16.1. The Bertz CT molecular complexity index is 991. The summed E-state index contributed by atoms with van der Waals surface area (Å²) in [5.41, 5.74) is 1.19. The molecule has 1 aromatic heterocycles. The van der Waals surface area contributed by atoms with Crippen LogP contribution >= 0.6 is 11.3 Å². The van der Waals surface area contributed by atoms with E-state index in [4.69, 9.17) is 4.74 Å². The van der Waals surface area contributed by atoms with Crippen LogP contribution in [0, 0.1) is 5.82 Å². The van der Waals surface area contributed by atoms with E-state index in [-0.39, 0.29) is 24.2 Å². The van der Waals surface area contributed by atoms with Gasteiger partial charge in [0.15, 0.2) is 0 Å². The summed E-state index contributed by atoms with van der Waals surface area (Å²) in [4.78, 5) is 30.8. The molecule has 2 aliphatic rings. The number of nitrogens with zero attached hydrogens (tertiary/aromatic N) is 4. The number of hydrogen-bond acceptors (Lipinski definition) is 6. The Morgan fingerprint density at radius 3 is 2.70 bits per heavy atom. The molecule has 1 fully saturated rings. The van der Waals surface area contributed by atoms with Gasteiger partial charge in [0.2, 0.25) is 5.91 Å². The monoisotopic (exact) mass is 472 g/mol. The topological polar surface area (TPSA) is 65.5 Å². The summed E-state index contributed by atoms with van der Waals surface area (Å²) >= 11 is 1.54. The summed E-state index contributed by atoms with van der Waals surface area (Å²) in [5, 5.41) is 7.92. The Morgan fingerprint density at radius 1 is 1.21 bits per heavy atom. The molecule has 4 rings (SSSR count). The second-order valence-electron chi connectivity index (χ2n) is 8.13. The molecule has 0 N–H and O–H groups in total. The fourth-order valence-electron chi connectivity index (χ4n) is 4.16. The van der Waals surface area contributed by atoms with Gasteiger partial charge in [0.05, 0.1) is 29.8 Å². The second kappa shape index (κ2) is 11.0. The molecule has 0 unspecified atom stereocenters. The van der Waals surface area contributed by atoms with Crippen LogP contribution in [0.15, 0.2) is 46.9 Å². The molecule has 7 nitrogen and oxygen atoms in total. The SMILES string of the molecule is CCC(=O)N(CCN1CCOCC1)CC(=O)N1N=C(c2cccs2)C[C@H]1c1ccccc1F. The van der Waals surface area contributed by atoms with E-state index in [1.54, 1.807) is 30.0 Å². The molecule has 0 radical (unpaired) electrons. The smallest absolute Gasteiger partial charge is 0.262 e. The summed E-state index contributed by atoms with van der Waals surface area (Å²) in [6.07, 6.45) is 0.750. The number of benzene rings is 1. The number of carbonyl (C=O) groups excluding carboxylic acids is 2. The molecular formula is C24H29FN4O3S. The molecule has 0 aliphatic carbocycles. The van der Waals surface area contributed by atoms with Crippen molar-refractivity contribution in [2.75, 3.05) is 45.9 Å². The third kappa shape index (κ3) is 5.66. The highest BCUT2D eigenvalue weighted by Gasteiger charge is 2.35. The van der Waals surface area contributed by atoms with Gasteiger partial charge in [-0.05, 0) is 17.5 Å². The number of thiophene rings is 1. The largest absolute Gasteiger partial charge is 0.379 e. The van der Waals surface area contributed by atoms with Crippen molar-refractivity contribution in [2.45, 2.75) is 25.8 Å². The fraction of sp³-hybridized carbons (Fsp3) is 0.458. The molecule has 9 heteroatoms. The molecule has 0 saturated carbocycles. The molecule has 2 aromatic rings. The molecule has 176 valence electrons. The van der Waals surface area contributed by atoms with Crippen LogP contribution in [0.3, 0.4) is 0 Å². The van der Waals surface area contributed by atoms with Gasteiger partial charge in [-0.2, -0.15) is 5.10 Å². The Kier molecular flexibility index (Phi) is 7.85. The third-order valence-corrected chi connectivity index (χ3v) is 6.93. The number of morpholine rings is 1. The molecule has 2 amide bonds. The summed E-state index contributed by atoms with van der Waals surface area (Å²) in [5.74, 6) is -0.754. The first kappa shape index (κ1) is 23.5. The van der Waals surface area contributed by atoms with E-state index < -0.39 is 6.04 Å². The van der Waals surface area contributed by atoms with Crippen LogP contribution in [0.4, 0.5) is 4.39 Å². The van der Waals surface area contributed by atoms with Gasteiger partial charge in [0, 0.05) is 44.6 Å². The minimum atomic E-state index is -0.534.